The highest BCUT2D eigenvalue weighted by atomic mass is 32.2. The minimum atomic E-state index is -1.37. The Morgan fingerprint density at radius 1 is 1.16 bits per heavy atom. The van der Waals surface area contributed by atoms with E-state index in [1.165, 1.54) is 11.8 Å². The fraction of sp³-hybridized carbons (Fsp3) is 0.720. The number of Topliss-reactive ketones (excluding diaryl/α,β-unsaturated/α-hetero) is 2. The van der Waals surface area contributed by atoms with E-state index in [1.54, 1.807) is 0 Å². The van der Waals surface area contributed by atoms with Crippen molar-refractivity contribution in [2.24, 2.45) is 23.2 Å². The molecule has 5 nitrogen and oxygen atoms in total. The van der Waals surface area contributed by atoms with E-state index in [-0.39, 0.29) is 35.9 Å². The molecule has 0 aromatic heterocycles. The van der Waals surface area contributed by atoms with Gasteiger partial charge in [0.25, 0.3) is 0 Å². The first kappa shape index (κ1) is 24.2. The van der Waals surface area contributed by atoms with Crippen molar-refractivity contribution in [1.29, 1.82) is 0 Å². The lowest BCUT2D eigenvalue weighted by Gasteiger charge is -2.47. The lowest BCUT2D eigenvalue weighted by atomic mass is 9.54. The first-order valence-electron chi connectivity index (χ1n) is 11.5. The average molecular weight is 448 g/mol. The summed E-state index contributed by atoms with van der Waals surface area (Å²) in [6.45, 7) is 10.1. The third-order valence-corrected chi connectivity index (χ3v) is 8.55. The van der Waals surface area contributed by atoms with Gasteiger partial charge in [0.1, 0.15) is 11.2 Å². The van der Waals surface area contributed by atoms with Crippen LogP contribution in [0.1, 0.15) is 66.7 Å². The Bertz CT molecular complexity index is 829. The second-order valence-corrected chi connectivity index (χ2v) is 11.1. The standard InChI is InChI=1S/C25H37NO4S/c1-13(2)10-19-21-15(4)16(5)22(28)18-11-14(3)8-7-9-17(27)12-20(31-6)23(29)25(18,21)24(30)26-19/h11,13,18-22,28H,7-10,12H2,1-6H3,(H,26,30)/t18-,19-,20+,21-,22+,25-/m0/s1. The van der Waals surface area contributed by atoms with Gasteiger partial charge in [-0.3, -0.25) is 14.4 Å². The van der Waals surface area contributed by atoms with E-state index in [4.69, 9.17) is 0 Å². The molecule has 6 heteroatoms. The Balaban J connectivity index is 2.28. The predicted molar refractivity (Wildman–Crippen MR) is 125 cm³/mol. The lowest BCUT2D eigenvalue weighted by Crippen LogP contribution is -2.58. The number of nitrogens with one attached hydrogen (secondary N) is 1. The molecule has 172 valence electrons. The third kappa shape index (κ3) is 4.06. The minimum Gasteiger partial charge on any atom is -0.388 e. The van der Waals surface area contributed by atoms with Crippen LogP contribution in [0.2, 0.25) is 0 Å². The number of rotatable bonds is 3. The zero-order valence-electron chi connectivity index (χ0n) is 19.7. The number of thioether (sulfide) groups is 1. The van der Waals surface area contributed by atoms with Gasteiger partial charge in [-0.15, -0.1) is 0 Å². The highest BCUT2D eigenvalue weighted by molar-refractivity contribution is 8.00. The minimum absolute atomic E-state index is 0.0730. The number of aliphatic hydroxyl groups is 1. The number of ketones is 2. The van der Waals surface area contributed by atoms with Crippen LogP contribution in [-0.4, -0.2) is 46.2 Å². The maximum atomic E-state index is 14.2. The summed E-state index contributed by atoms with van der Waals surface area (Å²) in [7, 11) is 0. The summed E-state index contributed by atoms with van der Waals surface area (Å²) in [5, 5.41) is 13.9. The van der Waals surface area contributed by atoms with Gasteiger partial charge in [0, 0.05) is 30.7 Å². The van der Waals surface area contributed by atoms with Crippen LogP contribution >= 0.6 is 11.8 Å². The normalized spacial score (nSPS) is 37.2. The average Bonchev–Trinajstić information content (AvgIpc) is 2.97. The Kier molecular flexibility index (Phi) is 7.21. The van der Waals surface area contributed by atoms with Crippen molar-refractivity contribution in [1.82, 2.24) is 5.32 Å². The van der Waals surface area contributed by atoms with Crippen LogP contribution in [0.4, 0.5) is 0 Å². The van der Waals surface area contributed by atoms with Gasteiger partial charge in [0.05, 0.1) is 11.4 Å². The molecule has 0 unspecified atom stereocenters. The number of carbonyl (C=O) groups excluding carboxylic acids is 3. The molecule has 2 aliphatic carbocycles. The summed E-state index contributed by atoms with van der Waals surface area (Å²) in [6.07, 6.45) is 5.73. The summed E-state index contributed by atoms with van der Waals surface area (Å²) < 4.78 is 0. The van der Waals surface area contributed by atoms with Crippen molar-refractivity contribution in [3.05, 3.63) is 22.8 Å². The van der Waals surface area contributed by atoms with Crippen LogP contribution in [0.3, 0.4) is 0 Å². The molecule has 1 heterocycles. The molecule has 1 saturated heterocycles. The van der Waals surface area contributed by atoms with E-state index in [0.29, 0.717) is 12.3 Å². The van der Waals surface area contributed by atoms with Crippen LogP contribution in [0, 0.1) is 23.2 Å². The Labute approximate surface area is 190 Å². The summed E-state index contributed by atoms with van der Waals surface area (Å²) in [5.41, 5.74) is 1.45. The molecule has 1 amide bonds. The Hall–Kier alpha value is -1.40. The lowest BCUT2D eigenvalue weighted by molar-refractivity contribution is -0.148. The predicted octanol–water partition coefficient (Wildman–Crippen LogP) is 3.85. The third-order valence-electron chi connectivity index (χ3n) is 7.60. The van der Waals surface area contributed by atoms with Crippen molar-refractivity contribution < 1.29 is 19.5 Å². The summed E-state index contributed by atoms with van der Waals surface area (Å²) in [5.74, 6) is -0.967. The van der Waals surface area contributed by atoms with Gasteiger partial charge in [-0.05, 0) is 57.8 Å². The summed E-state index contributed by atoms with van der Waals surface area (Å²) in [6, 6.07) is -0.154. The van der Waals surface area contributed by atoms with Crippen LogP contribution in [0.25, 0.3) is 0 Å². The van der Waals surface area contributed by atoms with Gasteiger partial charge >= 0.3 is 0 Å². The molecule has 0 bridgehead atoms. The van der Waals surface area contributed by atoms with Crippen molar-refractivity contribution in [3.8, 4) is 0 Å². The number of hydrogen-bond donors (Lipinski definition) is 2. The van der Waals surface area contributed by atoms with E-state index in [2.05, 4.69) is 19.2 Å². The molecule has 6 atom stereocenters. The monoisotopic (exact) mass is 447 g/mol. The number of hydrogen-bond acceptors (Lipinski definition) is 5. The number of aliphatic hydroxyl groups excluding tert-OH is 1. The fourth-order valence-corrected chi connectivity index (χ4v) is 6.76. The fourth-order valence-electron chi connectivity index (χ4n) is 6.00. The zero-order chi connectivity index (χ0) is 23.1. The van der Waals surface area contributed by atoms with Crippen molar-refractivity contribution in [3.63, 3.8) is 0 Å². The molecule has 3 rings (SSSR count). The molecule has 31 heavy (non-hydrogen) atoms. The van der Waals surface area contributed by atoms with E-state index in [1.807, 2.05) is 33.1 Å². The quantitative estimate of drug-likeness (QED) is 0.507. The number of amides is 1. The largest absolute Gasteiger partial charge is 0.388 e. The molecule has 1 spiro atoms. The van der Waals surface area contributed by atoms with E-state index >= 15 is 0 Å². The SMILES string of the molecule is CS[C@@H]1CC(=O)CCCC(C)=C[C@H]2[C@H](O)C(C)=C(C)[C@H]3[C@H](CC(C)C)NC(=O)[C@@]23C1=O. The van der Waals surface area contributed by atoms with Crippen LogP contribution in [0.15, 0.2) is 22.8 Å². The van der Waals surface area contributed by atoms with E-state index in [0.717, 1.165) is 36.0 Å². The van der Waals surface area contributed by atoms with Crippen LogP contribution < -0.4 is 5.32 Å². The van der Waals surface area contributed by atoms with Gasteiger partial charge in [0.15, 0.2) is 5.78 Å². The van der Waals surface area contributed by atoms with Crippen LogP contribution in [0.5, 0.6) is 0 Å². The first-order valence-corrected chi connectivity index (χ1v) is 12.8. The van der Waals surface area contributed by atoms with E-state index < -0.39 is 22.7 Å². The highest BCUT2D eigenvalue weighted by Gasteiger charge is 2.67. The Morgan fingerprint density at radius 3 is 2.45 bits per heavy atom. The number of carbonyl (C=O) groups is 3. The van der Waals surface area contributed by atoms with Gasteiger partial charge in [-0.1, -0.05) is 31.1 Å². The molecule has 0 aromatic carbocycles. The Morgan fingerprint density at radius 2 is 1.84 bits per heavy atom. The van der Waals surface area contributed by atoms with Crippen molar-refractivity contribution in [2.75, 3.05) is 6.26 Å². The zero-order valence-corrected chi connectivity index (χ0v) is 20.5. The molecular formula is C25H37NO4S. The maximum Gasteiger partial charge on any atom is 0.235 e. The first-order chi connectivity index (χ1) is 14.5. The second kappa shape index (κ2) is 9.22. The summed E-state index contributed by atoms with van der Waals surface area (Å²) in [4.78, 5) is 40.6. The molecule has 2 N–H and O–H groups in total. The van der Waals surface area contributed by atoms with Crippen molar-refractivity contribution in [2.45, 2.75) is 84.1 Å². The molecule has 1 aliphatic heterocycles. The van der Waals surface area contributed by atoms with Crippen LogP contribution in [-0.2, 0) is 14.4 Å². The maximum absolute atomic E-state index is 14.2. The second-order valence-electron chi connectivity index (χ2n) is 10.1. The highest BCUT2D eigenvalue weighted by Crippen LogP contribution is 2.56. The molecule has 0 aromatic rings. The smallest absolute Gasteiger partial charge is 0.235 e. The van der Waals surface area contributed by atoms with Gasteiger partial charge in [0.2, 0.25) is 5.91 Å². The summed E-state index contributed by atoms with van der Waals surface area (Å²) >= 11 is 1.35. The molecule has 0 saturated carbocycles. The molecular weight excluding hydrogens is 410 g/mol. The molecule has 1 fully saturated rings. The van der Waals surface area contributed by atoms with Gasteiger partial charge in [-0.25, -0.2) is 0 Å². The van der Waals surface area contributed by atoms with E-state index in [9.17, 15) is 19.5 Å². The topological polar surface area (TPSA) is 83.5 Å². The molecule has 3 aliphatic rings. The van der Waals surface area contributed by atoms with Gasteiger partial charge in [-0.2, -0.15) is 11.8 Å². The van der Waals surface area contributed by atoms with Crippen molar-refractivity contribution >= 4 is 29.2 Å². The number of allylic oxidation sites excluding steroid dienone is 1. The molecule has 0 radical (unpaired) electrons. The van der Waals surface area contributed by atoms with Gasteiger partial charge < -0.3 is 10.4 Å².